The minimum absolute atomic E-state index is 0.165. The Balaban J connectivity index is 1.62. The molecule has 2 atom stereocenters. The second kappa shape index (κ2) is 6.48. The fourth-order valence-corrected chi connectivity index (χ4v) is 3.10. The van der Waals surface area contributed by atoms with Crippen LogP contribution < -0.4 is 15.4 Å². The molecule has 0 bridgehead atoms. The van der Waals surface area contributed by atoms with Gasteiger partial charge in [-0.25, -0.2) is 0 Å². The molecule has 21 heavy (non-hydrogen) atoms. The van der Waals surface area contributed by atoms with Crippen molar-refractivity contribution in [1.29, 1.82) is 0 Å². The van der Waals surface area contributed by atoms with Gasteiger partial charge in [0.2, 0.25) is 5.91 Å². The van der Waals surface area contributed by atoms with E-state index < -0.39 is 0 Å². The van der Waals surface area contributed by atoms with Gasteiger partial charge in [-0.2, -0.15) is 0 Å². The monoisotopic (exact) mass is 288 g/mol. The van der Waals surface area contributed by atoms with Crippen LogP contribution in [0.3, 0.4) is 0 Å². The summed E-state index contributed by atoms with van der Waals surface area (Å²) in [6.45, 7) is 2.02. The van der Waals surface area contributed by atoms with Crippen molar-refractivity contribution in [1.82, 2.24) is 10.6 Å². The number of ether oxygens (including phenoxy) is 1. The number of hydrogen-bond acceptors (Lipinski definition) is 3. The molecule has 1 aromatic carbocycles. The molecule has 2 unspecified atom stereocenters. The fourth-order valence-electron chi connectivity index (χ4n) is 3.10. The van der Waals surface area contributed by atoms with Crippen molar-refractivity contribution in [2.24, 2.45) is 11.8 Å². The summed E-state index contributed by atoms with van der Waals surface area (Å²) < 4.78 is 5.20. The number of benzene rings is 1. The highest BCUT2D eigenvalue weighted by molar-refractivity contribution is 5.76. The summed E-state index contributed by atoms with van der Waals surface area (Å²) in [5, 5.41) is 6.57. The Morgan fingerprint density at radius 1 is 1.33 bits per heavy atom. The first-order chi connectivity index (χ1) is 10.3. The molecule has 1 aliphatic carbocycles. The van der Waals surface area contributed by atoms with Crippen LogP contribution in [0.5, 0.6) is 5.75 Å². The van der Waals surface area contributed by atoms with Crippen molar-refractivity contribution >= 4 is 5.91 Å². The zero-order valence-electron chi connectivity index (χ0n) is 12.6. The van der Waals surface area contributed by atoms with Gasteiger partial charge in [0.15, 0.2) is 0 Å². The summed E-state index contributed by atoms with van der Waals surface area (Å²) in [7, 11) is 1.67. The topological polar surface area (TPSA) is 50.4 Å². The van der Waals surface area contributed by atoms with Gasteiger partial charge < -0.3 is 15.4 Å². The predicted octanol–water partition coefficient (Wildman–Crippen LogP) is 2.26. The van der Waals surface area contributed by atoms with E-state index >= 15 is 0 Å². The molecule has 4 nitrogen and oxygen atoms in total. The maximum atomic E-state index is 12.3. The number of rotatable bonds is 6. The Hall–Kier alpha value is -1.55. The molecule has 2 N–H and O–H groups in total. The minimum Gasteiger partial charge on any atom is -0.497 e. The maximum Gasteiger partial charge on any atom is 0.220 e. The van der Waals surface area contributed by atoms with Gasteiger partial charge in [0.1, 0.15) is 5.75 Å². The van der Waals surface area contributed by atoms with E-state index in [2.05, 4.69) is 22.8 Å². The largest absolute Gasteiger partial charge is 0.497 e. The Kier molecular flexibility index (Phi) is 4.44. The average molecular weight is 288 g/mol. The van der Waals surface area contributed by atoms with Gasteiger partial charge in [-0.05, 0) is 61.9 Å². The lowest BCUT2D eigenvalue weighted by Gasteiger charge is -2.20. The van der Waals surface area contributed by atoms with Crippen LogP contribution in [0.15, 0.2) is 24.3 Å². The number of carbonyl (C=O) groups is 1. The number of methoxy groups -OCH3 is 1. The third-order valence-electron chi connectivity index (χ3n) is 4.52. The van der Waals surface area contributed by atoms with E-state index in [4.69, 9.17) is 4.74 Å². The van der Waals surface area contributed by atoms with Crippen molar-refractivity contribution in [3.8, 4) is 5.75 Å². The Morgan fingerprint density at radius 3 is 2.67 bits per heavy atom. The van der Waals surface area contributed by atoms with E-state index in [1.54, 1.807) is 7.11 Å². The molecule has 114 valence electrons. The van der Waals surface area contributed by atoms with Crippen LogP contribution in [-0.2, 0) is 4.79 Å². The highest BCUT2D eigenvalue weighted by atomic mass is 16.5. The van der Waals surface area contributed by atoms with Gasteiger partial charge in [0.05, 0.1) is 13.2 Å². The molecule has 1 saturated carbocycles. The molecule has 2 fully saturated rings. The van der Waals surface area contributed by atoms with Gasteiger partial charge in [0.25, 0.3) is 0 Å². The maximum absolute atomic E-state index is 12.3. The van der Waals surface area contributed by atoms with Gasteiger partial charge in [-0.3, -0.25) is 4.79 Å². The lowest BCUT2D eigenvalue weighted by molar-refractivity contribution is -0.122. The first-order valence-electron chi connectivity index (χ1n) is 7.90. The fraction of sp³-hybridized carbons (Fsp3) is 0.588. The van der Waals surface area contributed by atoms with Crippen molar-refractivity contribution in [2.75, 3.05) is 20.2 Å². The average Bonchev–Trinajstić information content (AvgIpc) is 3.23. The standard InChI is InChI=1S/C17H24N2O2/c1-21-15-6-4-14(5-7-15)17(13-2-3-13)19-16(20)10-12-8-9-18-11-12/h4-7,12-13,17-18H,2-3,8-11H2,1H3,(H,19,20). The summed E-state index contributed by atoms with van der Waals surface area (Å²) in [6, 6.07) is 8.24. The summed E-state index contributed by atoms with van der Waals surface area (Å²) in [4.78, 5) is 12.3. The second-order valence-electron chi connectivity index (χ2n) is 6.22. The van der Waals surface area contributed by atoms with E-state index in [9.17, 15) is 4.79 Å². The number of nitrogens with one attached hydrogen (secondary N) is 2. The van der Waals surface area contributed by atoms with Crippen molar-refractivity contribution in [2.45, 2.75) is 31.7 Å². The van der Waals surface area contributed by atoms with Gasteiger partial charge in [-0.15, -0.1) is 0 Å². The smallest absolute Gasteiger partial charge is 0.220 e. The van der Waals surface area contributed by atoms with Gasteiger partial charge >= 0.3 is 0 Å². The van der Waals surface area contributed by atoms with E-state index in [1.807, 2.05) is 12.1 Å². The SMILES string of the molecule is COc1ccc(C(NC(=O)CC2CCNC2)C2CC2)cc1. The molecule has 0 aromatic heterocycles. The van der Waals surface area contributed by atoms with E-state index in [0.717, 1.165) is 25.3 Å². The molecular weight excluding hydrogens is 264 g/mol. The molecule has 3 rings (SSSR count). The molecule has 1 amide bonds. The lowest BCUT2D eigenvalue weighted by atomic mass is 10.00. The van der Waals surface area contributed by atoms with Crippen molar-refractivity contribution in [3.05, 3.63) is 29.8 Å². The molecule has 1 saturated heterocycles. The Morgan fingerprint density at radius 2 is 2.10 bits per heavy atom. The van der Waals surface area contributed by atoms with E-state index in [-0.39, 0.29) is 11.9 Å². The van der Waals surface area contributed by atoms with Crippen LogP contribution >= 0.6 is 0 Å². The lowest BCUT2D eigenvalue weighted by Crippen LogP contribution is -2.31. The first-order valence-corrected chi connectivity index (χ1v) is 7.90. The summed E-state index contributed by atoms with van der Waals surface area (Å²) in [5.41, 5.74) is 1.19. The second-order valence-corrected chi connectivity index (χ2v) is 6.22. The zero-order valence-corrected chi connectivity index (χ0v) is 12.6. The van der Waals surface area contributed by atoms with Crippen LogP contribution in [-0.4, -0.2) is 26.1 Å². The highest BCUT2D eigenvalue weighted by Crippen LogP contribution is 2.41. The Labute approximate surface area is 126 Å². The van der Waals surface area contributed by atoms with Crippen LogP contribution in [0, 0.1) is 11.8 Å². The first kappa shape index (κ1) is 14.4. The zero-order chi connectivity index (χ0) is 14.7. The third-order valence-corrected chi connectivity index (χ3v) is 4.52. The molecule has 2 aliphatic rings. The molecule has 1 aromatic rings. The number of hydrogen-bond donors (Lipinski definition) is 2. The van der Waals surface area contributed by atoms with Gasteiger partial charge in [0, 0.05) is 6.42 Å². The summed E-state index contributed by atoms with van der Waals surface area (Å²) in [6.07, 6.45) is 4.18. The normalized spacial score (nSPS) is 22.8. The van der Waals surface area contributed by atoms with Crippen LogP contribution in [0.1, 0.15) is 37.3 Å². The van der Waals surface area contributed by atoms with Crippen LogP contribution in [0.2, 0.25) is 0 Å². The molecule has 1 heterocycles. The minimum atomic E-state index is 0.165. The molecule has 0 radical (unpaired) electrons. The number of amides is 1. The number of carbonyl (C=O) groups excluding carboxylic acids is 1. The van der Waals surface area contributed by atoms with Crippen molar-refractivity contribution < 1.29 is 9.53 Å². The van der Waals surface area contributed by atoms with E-state index in [1.165, 1.54) is 18.4 Å². The summed E-state index contributed by atoms with van der Waals surface area (Å²) in [5.74, 6) is 2.15. The predicted molar refractivity (Wildman–Crippen MR) is 82.2 cm³/mol. The molecule has 1 aliphatic heterocycles. The van der Waals surface area contributed by atoms with Crippen LogP contribution in [0.4, 0.5) is 0 Å². The third kappa shape index (κ3) is 3.76. The highest BCUT2D eigenvalue weighted by Gasteiger charge is 2.33. The van der Waals surface area contributed by atoms with Crippen LogP contribution in [0.25, 0.3) is 0 Å². The molecule has 4 heteroatoms. The van der Waals surface area contributed by atoms with Crippen molar-refractivity contribution in [3.63, 3.8) is 0 Å². The van der Waals surface area contributed by atoms with E-state index in [0.29, 0.717) is 18.3 Å². The van der Waals surface area contributed by atoms with Gasteiger partial charge in [-0.1, -0.05) is 12.1 Å². The molecule has 0 spiro atoms. The Bertz CT molecular complexity index is 476. The molecular formula is C17H24N2O2. The summed E-state index contributed by atoms with van der Waals surface area (Å²) >= 11 is 0. The quantitative estimate of drug-likeness (QED) is 0.844.